The number of ether oxygens (including phenoxy) is 1. The van der Waals surface area contributed by atoms with E-state index in [0.29, 0.717) is 5.41 Å². The summed E-state index contributed by atoms with van der Waals surface area (Å²) >= 11 is 0. The summed E-state index contributed by atoms with van der Waals surface area (Å²) in [5, 5.41) is 8.90. The zero-order valence-electron chi connectivity index (χ0n) is 7.59. The molecular weight excluding hydrogens is 152 g/mol. The molecule has 12 heavy (non-hydrogen) atoms. The summed E-state index contributed by atoms with van der Waals surface area (Å²) in [6, 6.07) is 0. The van der Waals surface area contributed by atoms with Crippen molar-refractivity contribution in [1.82, 2.24) is 0 Å². The number of hydrogen-bond acceptors (Lipinski definition) is 2. The second-order valence-electron chi connectivity index (χ2n) is 4.36. The summed E-state index contributed by atoms with van der Waals surface area (Å²) < 4.78 is 5.61. The van der Waals surface area contributed by atoms with E-state index in [1.807, 2.05) is 0 Å². The second-order valence-corrected chi connectivity index (χ2v) is 4.36. The van der Waals surface area contributed by atoms with Crippen LogP contribution in [-0.2, 0) is 4.74 Å². The lowest BCUT2D eigenvalue weighted by atomic mass is 9.80. The maximum atomic E-state index is 8.90. The molecule has 2 fully saturated rings. The molecule has 0 aromatic heterocycles. The number of hydrogen-bond donors (Lipinski definition) is 1. The molecule has 1 heterocycles. The third-order valence-corrected chi connectivity index (χ3v) is 3.49. The monoisotopic (exact) mass is 170 g/mol. The molecule has 1 spiro atoms. The highest BCUT2D eigenvalue weighted by Crippen LogP contribution is 2.45. The predicted molar refractivity (Wildman–Crippen MR) is 47.0 cm³/mol. The molecule has 0 aromatic rings. The number of aliphatic hydroxyl groups excluding tert-OH is 1. The van der Waals surface area contributed by atoms with Crippen molar-refractivity contribution in [3.05, 3.63) is 0 Å². The lowest BCUT2D eigenvalue weighted by Gasteiger charge is -2.36. The summed E-state index contributed by atoms with van der Waals surface area (Å²) in [5.74, 6) is 0. The van der Waals surface area contributed by atoms with Crippen molar-refractivity contribution in [3.8, 4) is 0 Å². The van der Waals surface area contributed by atoms with Gasteiger partial charge >= 0.3 is 0 Å². The molecule has 1 saturated heterocycles. The lowest BCUT2D eigenvalue weighted by molar-refractivity contribution is -0.0792. The Morgan fingerprint density at radius 2 is 2.00 bits per heavy atom. The molecule has 1 aliphatic carbocycles. The average Bonchev–Trinajstić information content (AvgIpc) is 2.55. The van der Waals surface area contributed by atoms with Crippen LogP contribution in [0.5, 0.6) is 0 Å². The van der Waals surface area contributed by atoms with Gasteiger partial charge in [0.15, 0.2) is 0 Å². The summed E-state index contributed by atoms with van der Waals surface area (Å²) in [7, 11) is 0. The van der Waals surface area contributed by atoms with Crippen molar-refractivity contribution in [3.63, 3.8) is 0 Å². The standard InChI is InChI=1S/C10H18O2/c11-7-9-3-6-10(8-12-9)4-1-2-5-10/h9,11H,1-8H2. The van der Waals surface area contributed by atoms with Gasteiger partial charge in [-0.25, -0.2) is 0 Å². The largest absolute Gasteiger partial charge is 0.394 e. The molecule has 1 aliphatic heterocycles. The van der Waals surface area contributed by atoms with E-state index in [1.165, 1.54) is 32.1 Å². The average molecular weight is 170 g/mol. The van der Waals surface area contributed by atoms with Gasteiger partial charge < -0.3 is 9.84 Å². The Hall–Kier alpha value is -0.0800. The van der Waals surface area contributed by atoms with E-state index < -0.39 is 0 Å². The fraction of sp³-hybridized carbons (Fsp3) is 1.00. The van der Waals surface area contributed by atoms with Gasteiger partial charge in [-0.15, -0.1) is 0 Å². The van der Waals surface area contributed by atoms with Crippen LogP contribution in [-0.4, -0.2) is 24.4 Å². The summed E-state index contributed by atoms with van der Waals surface area (Å²) in [6.45, 7) is 1.11. The molecule has 70 valence electrons. The van der Waals surface area contributed by atoms with Crippen LogP contribution in [0, 0.1) is 5.41 Å². The van der Waals surface area contributed by atoms with Crippen LogP contribution in [0.2, 0.25) is 0 Å². The van der Waals surface area contributed by atoms with Crippen LogP contribution in [0.1, 0.15) is 38.5 Å². The molecule has 2 heteroatoms. The third-order valence-electron chi connectivity index (χ3n) is 3.49. The first-order chi connectivity index (χ1) is 5.85. The Kier molecular flexibility index (Phi) is 2.37. The molecule has 0 bridgehead atoms. The molecule has 0 amide bonds. The highest BCUT2D eigenvalue weighted by atomic mass is 16.5. The van der Waals surface area contributed by atoms with Crippen LogP contribution < -0.4 is 0 Å². The third kappa shape index (κ3) is 1.50. The minimum Gasteiger partial charge on any atom is -0.394 e. The number of rotatable bonds is 1. The van der Waals surface area contributed by atoms with Gasteiger partial charge in [0.25, 0.3) is 0 Å². The van der Waals surface area contributed by atoms with Crippen molar-refractivity contribution in [2.45, 2.75) is 44.6 Å². The van der Waals surface area contributed by atoms with E-state index >= 15 is 0 Å². The van der Waals surface area contributed by atoms with Gasteiger partial charge in [-0.2, -0.15) is 0 Å². The number of aliphatic hydroxyl groups is 1. The van der Waals surface area contributed by atoms with Gasteiger partial charge in [-0.05, 0) is 31.1 Å². The highest BCUT2D eigenvalue weighted by Gasteiger charge is 2.37. The zero-order valence-corrected chi connectivity index (χ0v) is 7.59. The van der Waals surface area contributed by atoms with E-state index in [-0.39, 0.29) is 12.7 Å². The molecule has 0 aromatic carbocycles. The maximum Gasteiger partial charge on any atom is 0.0806 e. The topological polar surface area (TPSA) is 29.5 Å². The first-order valence-corrected chi connectivity index (χ1v) is 5.07. The summed E-state index contributed by atoms with van der Waals surface area (Å²) in [4.78, 5) is 0. The van der Waals surface area contributed by atoms with E-state index in [0.717, 1.165) is 13.0 Å². The summed E-state index contributed by atoms with van der Waals surface area (Å²) in [5.41, 5.74) is 0.520. The molecule has 1 N–H and O–H groups in total. The molecule has 2 nitrogen and oxygen atoms in total. The van der Waals surface area contributed by atoms with Crippen molar-refractivity contribution in [2.75, 3.05) is 13.2 Å². The van der Waals surface area contributed by atoms with E-state index in [1.54, 1.807) is 0 Å². The van der Waals surface area contributed by atoms with Crippen LogP contribution in [0.25, 0.3) is 0 Å². The molecule has 2 rings (SSSR count). The van der Waals surface area contributed by atoms with Crippen LogP contribution in [0.4, 0.5) is 0 Å². The lowest BCUT2D eigenvalue weighted by Crippen LogP contribution is -2.35. The Labute approximate surface area is 73.9 Å². The molecule has 1 saturated carbocycles. The van der Waals surface area contributed by atoms with Crippen molar-refractivity contribution in [1.29, 1.82) is 0 Å². The fourth-order valence-corrected chi connectivity index (χ4v) is 2.58. The van der Waals surface area contributed by atoms with Gasteiger partial charge in [0.1, 0.15) is 0 Å². The van der Waals surface area contributed by atoms with Gasteiger partial charge in [0.2, 0.25) is 0 Å². The van der Waals surface area contributed by atoms with Crippen molar-refractivity contribution in [2.24, 2.45) is 5.41 Å². The minimum atomic E-state index is 0.135. The van der Waals surface area contributed by atoms with Gasteiger partial charge in [-0.1, -0.05) is 12.8 Å². The molecule has 0 radical (unpaired) electrons. The van der Waals surface area contributed by atoms with Crippen LogP contribution >= 0.6 is 0 Å². The quantitative estimate of drug-likeness (QED) is 0.649. The fourth-order valence-electron chi connectivity index (χ4n) is 2.58. The van der Waals surface area contributed by atoms with Crippen molar-refractivity contribution < 1.29 is 9.84 Å². The Bertz CT molecular complexity index is 140. The van der Waals surface area contributed by atoms with Crippen molar-refractivity contribution >= 4 is 0 Å². The zero-order chi connectivity index (χ0) is 8.44. The molecule has 1 unspecified atom stereocenters. The highest BCUT2D eigenvalue weighted by molar-refractivity contribution is 4.88. The SMILES string of the molecule is OCC1CCC2(CCCC2)CO1. The second kappa shape index (κ2) is 3.35. The Morgan fingerprint density at radius 3 is 2.50 bits per heavy atom. The van der Waals surface area contributed by atoms with E-state index in [9.17, 15) is 0 Å². The van der Waals surface area contributed by atoms with Gasteiger partial charge in [-0.3, -0.25) is 0 Å². The van der Waals surface area contributed by atoms with Crippen LogP contribution in [0.3, 0.4) is 0 Å². The summed E-state index contributed by atoms with van der Waals surface area (Å²) in [6.07, 6.45) is 7.95. The Morgan fingerprint density at radius 1 is 1.25 bits per heavy atom. The van der Waals surface area contributed by atoms with Gasteiger partial charge in [0.05, 0.1) is 19.3 Å². The normalized spacial score (nSPS) is 34.2. The maximum absolute atomic E-state index is 8.90. The van der Waals surface area contributed by atoms with E-state index in [4.69, 9.17) is 9.84 Å². The van der Waals surface area contributed by atoms with E-state index in [2.05, 4.69) is 0 Å². The Balaban J connectivity index is 1.88. The predicted octanol–water partition coefficient (Wildman–Crippen LogP) is 1.72. The van der Waals surface area contributed by atoms with Crippen LogP contribution in [0.15, 0.2) is 0 Å². The molecule has 2 aliphatic rings. The molecular formula is C10H18O2. The molecule has 1 atom stereocenters. The smallest absolute Gasteiger partial charge is 0.0806 e. The minimum absolute atomic E-state index is 0.135. The first-order valence-electron chi connectivity index (χ1n) is 5.07. The van der Waals surface area contributed by atoms with Gasteiger partial charge in [0, 0.05) is 0 Å². The first kappa shape index (κ1) is 8.52.